The van der Waals surface area contributed by atoms with E-state index in [1.54, 1.807) is 6.07 Å². The van der Waals surface area contributed by atoms with Gasteiger partial charge in [0.05, 0.1) is 12.6 Å². The molecule has 1 saturated carbocycles. The number of carbonyl (C=O) groups is 1. The first-order valence-electron chi connectivity index (χ1n) is 11.8. The Morgan fingerprint density at radius 2 is 1.91 bits per heavy atom. The Bertz CT molecular complexity index is 1150. The number of nitrogens with two attached hydrogens (primary N) is 1. The van der Waals surface area contributed by atoms with Gasteiger partial charge in [-0.3, -0.25) is 4.79 Å². The fraction of sp³-hybridized carbons (Fsp3) is 0.400. The van der Waals surface area contributed by atoms with Crippen molar-refractivity contribution in [1.82, 2.24) is 19.9 Å². The highest BCUT2D eigenvalue weighted by Gasteiger charge is 2.33. The van der Waals surface area contributed by atoms with Crippen molar-refractivity contribution in [3.05, 3.63) is 59.4 Å². The number of fused-ring (bicyclic) bond motifs is 1. The summed E-state index contributed by atoms with van der Waals surface area (Å²) in [6.07, 6.45) is 9.90. The summed E-state index contributed by atoms with van der Waals surface area (Å²) in [6, 6.07) is 10.6. The van der Waals surface area contributed by atoms with Crippen LogP contribution in [0.5, 0.6) is 5.75 Å². The number of benzene rings is 1. The van der Waals surface area contributed by atoms with Crippen LogP contribution in [0.4, 0.5) is 11.8 Å². The quantitative estimate of drug-likeness (QED) is 0.479. The molecule has 0 radical (unpaired) electrons. The molecule has 5 rings (SSSR count). The van der Waals surface area contributed by atoms with Crippen LogP contribution in [0.1, 0.15) is 50.1 Å². The van der Waals surface area contributed by atoms with Crippen molar-refractivity contribution < 1.29 is 9.53 Å². The Kier molecular flexibility index (Phi) is 6.58. The van der Waals surface area contributed by atoms with Crippen LogP contribution in [-0.2, 0) is 4.79 Å². The normalized spacial score (nSPS) is 19.0. The number of nitrogens with one attached hydrogen (secondary N) is 2. The molecule has 2 aliphatic rings. The SMILES string of the molecule is Nc1nc(NC(C(=O)NC2CCOc3ccc(Cl)cc32)C2CCCCC2)cc(-n2cccc2)n1. The van der Waals surface area contributed by atoms with Gasteiger partial charge in [0.1, 0.15) is 23.4 Å². The number of hydrogen-bond donors (Lipinski definition) is 3. The van der Waals surface area contributed by atoms with E-state index in [0.29, 0.717) is 29.7 Å². The van der Waals surface area contributed by atoms with Gasteiger partial charge in [-0.15, -0.1) is 0 Å². The third kappa shape index (κ3) is 4.97. The number of halogens is 1. The number of ether oxygens (including phenoxy) is 1. The lowest BCUT2D eigenvalue weighted by Crippen LogP contribution is -2.47. The Hall–Kier alpha value is -3.26. The van der Waals surface area contributed by atoms with Gasteiger partial charge in [0.25, 0.3) is 0 Å². The highest BCUT2D eigenvalue weighted by atomic mass is 35.5. The highest BCUT2D eigenvalue weighted by Crippen LogP contribution is 2.35. The minimum absolute atomic E-state index is 0.0515. The number of amides is 1. The van der Waals surface area contributed by atoms with Gasteiger partial charge in [-0.25, -0.2) is 0 Å². The lowest BCUT2D eigenvalue weighted by Gasteiger charge is -2.33. The molecule has 1 aromatic carbocycles. The average Bonchev–Trinajstić information content (AvgIpc) is 3.38. The van der Waals surface area contributed by atoms with Crippen molar-refractivity contribution in [2.24, 2.45) is 5.92 Å². The van der Waals surface area contributed by atoms with E-state index in [9.17, 15) is 4.79 Å². The second-order valence-corrected chi connectivity index (χ2v) is 9.40. The van der Waals surface area contributed by atoms with Crippen molar-refractivity contribution in [1.29, 1.82) is 0 Å². The van der Waals surface area contributed by atoms with Crippen molar-refractivity contribution in [3.63, 3.8) is 0 Å². The number of anilines is 2. The monoisotopic (exact) mass is 480 g/mol. The summed E-state index contributed by atoms with van der Waals surface area (Å²) in [4.78, 5) is 22.4. The van der Waals surface area contributed by atoms with Crippen molar-refractivity contribution in [3.8, 4) is 11.6 Å². The summed E-state index contributed by atoms with van der Waals surface area (Å²) in [5.41, 5.74) is 6.92. The van der Waals surface area contributed by atoms with Gasteiger partial charge in [0.15, 0.2) is 0 Å². The number of carbonyl (C=O) groups excluding carboxylic acids is 1. The molecule has 2 aromatic heterocycles. The Morgan fingerprint density at radius 1 is 1.12 bits per heavy atom. The second-order valence-electron chi connectivity index (χ2n) is 8.96. The van der Waals surface area contributed by atoms with Crippen LogP contribution in [0.3, 0.4) is 0 Å². The second kappa shape index (κ2) is 9.93. The topological polar surface area (TPSA) is 107 Å². The molecule has 0 saturated heterocycles. The third-order valence-electron chi connectivity index (χ3n) is 6.63. The maximum atomic E-state index is 13.7. The van der Waals surface area contributed by atoms with E-state index in [-0.39, 0.29) is 23.8 Å². The zero-order chi connectivity index (χ0) is 23.5. The zero-order valence-corrected chi connectivity index (χ0v) is 19.7. The predicted octanol–water partition coefficient (Wildman–Crippen LogP) is 4.50. The Balaban J connectivity index is 1.40. The van der Waals surface area contributed by atoms with Gasteiger partial charge < -0.3 is 25.7 Å². The molecule has 1 fully saturated rings. The number of aromatic nitrogens is 3. The molecule has 0 spiro atoms. The molecule has 1 aliphatic heterocycles. The number of nitrogens with zero attached hydrogens (tertiary/aromatic N) is 3. The van der Waals surface area contributed by atoms with E-state index in [4.69, 9.17) is 22.1 Å². The number of rotatable bonds is 6. The molecular weight excluding hydrogens is 452 g/mol. The first-order valence-corrected chi connectivity index (χ1v) is 12.2. The summed E-state index contributed by atoms with van der Waals surface area (Å²) < 4.78 is 7.63. The number of nitrogen functional groups attached to an aromatic ring is 1. The highest BCUT2D eigenvalue weighted by molar-refractivity contribution is 6.30. The fourth-order valence-corrected chi connectivity index (χ4v) is 5.13. The van der Waals surface area contributed by atoms with Crippen molar-refractivity contribution in [2.75, 3.05) is 17.7 Å². The summed E-state index contributed by atoms with van der Waals surface area (Å²) >= 11 is 6.23. The average molecular weight is 481 g/mol. The van der Waals surface area contributed by atoms with Gasteiger partial charge in [-0.05, 0) is 49.1 Å². The standard InChI is InChI=1S/C25H29ClN6O2/c26-17-8-9-20-18(14-17)19(10-13-34-20)28-24(33)23(16-6-2-1-3-7-16)29-21-15-22(31-25(27)30-21)32-11-4-5-12-32/h4-5,8-9,11-12,14-16,19,23H,1-3,6-7,10,13H2,(H,28,33)(H3,27,29,30,31). The van der Waals surface area contributed by atoms with Crippen LogP contribution in [-0.4, -0.2) is 33.1 Å². The maximum absolute atomic E-state index is 13.7. The molecule has 1 amide bonds. The van der Waals surface area contributed by atoms with E-state index in [1.165, 1.54) is 6.42 Å². The smallest absolute Gasteiger partial charge is 0.243 e. The molecule has 34 heavy (non-hydrogen) atoms. The minimum atomic E-state index is -0.433. The molecule has 2 unspecified atom stereocenters. The molecule has 178 valence electrons. The lowest BCUT2D eigenvalue weighted by atomic mass is 9.83. The first kappa shape index (κ1) is 22.5. The van der Waals surface area contributed by atoms with Gasteiger partial charge in [-0.1, -0.05) is 30.9 Å². The van der Waals surface area contributed by atoms with Gasteiger partial charge in [0.2, 0.25) is 11.9 Å². The first-order chi connectivity index (χ1) is 16.6. The van der Waals surface area contributed by atoms with Crippen LogP contribution in [0, 0.1) is 5.92 Å². The minimum Gasteiger partial charge on any atom is -0.493 e. The Labute approximate surface area is 203 Å². The van der Waals surface area contributed by atoms with Crippen molar-refractivity contribution >= 4 is 29.3 Å². The van der Waals surface area contributed by atoms with Crippen LogP contribution in [0.2, 0.25) is 5.02 Å². The fourth-order valence-electron chi connectivity index (χ4n) is 4.95. The molecular formula is C25H29ClN6O2. The summed E-state index contributed by atoms with van der Waals surface area (Å²) in [5, 5.41) is 7.28. The van der Waals surface area contributed by atoms with Gasteiger partial charge in [0, 0.05) is 35.5 Å². The number of hydrogen-bond acceptors (Lipinski definition) is 6. The third-order valence-corrected chi connectivity index (χ3v) is 6.87. The molecule has 8 nitrogen and oxygen atoms in total. The maximum Gasteiger partial charge on any atom is 0.243 e. The summed E-state index contributed by atoms with van der Waals surface area (Å²) in [5.74, 6) is 2.27. The van der Waals surface area contributed by atoms with Crippen LogP contribution in [0.25, 0.3) is 5.82 Å². The largest absolute Gasteiger partial charge is 0.493 e. The Morgan fingerprint density at radius 3 is 2.71 bits per heavy atom. The van der Waals surface area contributed by atoms with Crippen LogP contribution >= 0.6 is 11.6 Å². The lowest BCUT2D eigenvalue weighted by molar-refractivity contribution is -0.124. The van der Waals surface area contributed by atoms with Crippen molar-refractivity contribution in [2.45, 2.75) is 50.6 Å². The van der Waals surface area contributed by atoms with Gasteiger partial charge >= 0.3 is 0 Å². The summed E-state index contributed by atoms with van der Waals surface area (Å²) in [7, 11) is 0. The predicted molar refractivity (Wildman–Crippen MR) is 132 cm³/mol. The van der Waals surface area contributed by atoms with E-state index >= 15 is 0 Å². The summed E-state index contributed by atoms with van der Waals surface area (Å²) in [6.45, 7) is 0.545. The van der Waals surface area contributed by atoms with Crippen LogP contribution in [0.15, 0.2) is 48.8 Å². The van der Waals surface area contributed by atoms with Crippen LogP contribution < -0.4 is 21.1 Å². The van der Waals surface area contributed by atoms with E-state index in [2.05, 4.69) is 20.6 Å². The molecule has 3 heterocycles. The zero-order valence-electron chi connectivity index (χ0n) is 18.9. The molecule has 0 bridgehead atoms. The molecule has 1 aliphatic carbocycles. The molecule has 9 heteroatoms. The molecule has 4 N–H and O–H groups in total. The van der Waals surface area contributed by atoms with Gasteiger partial charge in [-0.2, -0.15) is 9.97 Å². The van der Waals surface area contributed by atoms with E-state index < -0.39 is 6.04 Å². The molecule has 3 aromatic rings. The molecule has 2 atom stereocenters. The van der Waals surface area contributed by atoms with E-state index in [0.717, 1.165) is 37.0 Å². The van der Waals surface area contributed by atoms with E-state index in [1.807, 2.05) is 47.3 Å².